The third-order valence-corrected chi connectivity index (χ3v) is 8.15. The van der Waals surface area contributed by atoms with Crippen molar-refractivity contribution in [1.82, 2.24) is 20.9 Å². The molecule has 6 amide bonds. The minimum atomic E-state index is -0.977. The van der Waals surface area contributed by atoms with Crippen LogP contribution in [0.5, 0.6) is 5.75 Å². The van der Waals surface area contributed by atoms with Gasteiger partial charge < -0.3 is 30.7 Å². The molecule has 1 aliphatic carbocycles. The molecule has 1 atom stereocenters. The lowest BCUT2D eigenvalue weighted by Gasteiger charge is -2.29. The van der Waals surface area contributed by atoms with Crippen molar-refractivity contribution in [2.45, 2.75) is 57.7 Å². The number of ether oxygens (including phenoxy) is 1. The van der Waals surface area contributed by atoms with Gasteiger partial charge in [-0.05, 0) is 85.4 Å². The Morgan fingerprint density at radius 2 is 1.69 bits per heavy atom. The van der Waals surface area contributed by atoms with Gasteiger partial charge in [0, 0.05) is 37.3 Å². The van der Waals surface area contributed by atoms with E-state index >= 15 is 0 Å². The van der Waals surface area contributed by atoms with E-state index in [1.54, 1.807) is 24.3 Å². The summed E-state index contributed by atoms with van der Waals surface area (Å²) < 4.78 is 5.94. The summed E-state index contributed by atoms with van der Waals surface area (Å²) in [5, 5.41) is 19.1. The maximum absolute atomic E-state index is 12.9. The number of nitrogens with zero attached hydrogens (tertiary/aromatic N) is 1. The molecule has 2 heterocycles. The summed E-state index contributed by atoms with van der Waals surface area (Å²) in [6, 6.07) is 11.5. The average molecular weight is 578 g/mol. The highest BCUT2D eigenvalue weighted by atomic mass is 16.5. The predicted molar refractivity (Wildman–Crippen MR) is 152 cm³/mol. The monoisotopic (exact) mass is 577 g/mol. The van der Waals surface area contributed by atoms with Crippen LogP contribution < -0.4 is 26.0 Å². The largest absolute Gasteiger partial charge is 0.493 e. The summed E-state index contributed by atoms with van der Waals surface area (Å²) in [7, 11) is 0. The van der Waals surface area contributed by atoms with E-state index in [4.69, 9.17) is 9.84 Å². The Kier molecular flexibility index (Phi) is 8.89. The Balaban J connectivity index is 1.04. The highest BCUT2D eigenvalue weighted by molar-refractivity contribution is 6.05. The number of carbonyl (C=O) groups is 5. The zero-order valence-electron chi connectivity index (χ0n) is 23.2. The first kappa shape index (κ1) is 28.9. The number of urea groups is 1. The lowest BCUT2D eigenvalue weighted by molar-refractivity contribution is -0.136. The van der Waals surface area contributed by atoms with Crippen LogP contribution in [0.4, 0.5) is 15.3 Å². The topological polar surface area (TPSA) is 166 Å². The molecule has 5 rings (SSSR count). The van der Waals surface area contributed by atoms with Gasteiger partial charge in [0.15, 0.2) is 0 Å². The number of hydrogen-bond donors (Lipinski definition) is 5. The summed E-state index contributed by atoms with van der Waals surface area (Å²) >= 11 is 0. The quantitative estimate of drug-likeness (QED) is 0.285. The number of hydrogen-bond acceptors (Lipinski definition) is 6. The third-order valence-electron chi connectivity index (χ3n) is 8.15. The molecule has 12 heteroatoms. The van der Waals surface area contributed by atoms with Crippen LogP contribution in [-0.4, -0.2) is 59.0 Å². The van der Waals surface area contributed by atoms with Gasteiger partial charge in [-0.1, -0.05) is 12.1 Å². The second kappa shape index (κ2) is 12.9. The molecule has 2 aromatic rings. The molecule has 42 heavy (non-hydrogen) atoms. The van der Waals surface area contributed by atoms with Gasteiger partial charge in [0.05, 0.1) is 6.61 Å². The Bertz CT molecular complexity index is 1350. The molecule has 0 spiro atoms. The molecule has 3 aliphatic rings. The van der Waals surface area contributed by atoms with Crippen molar-refractivity contribution in [3.63, 3.8) is 0 Å². The number of imide groups is 1. The first-order valence-electron chi connectivity index (χ1n) is 14.3. The van der Waals surface area contributed by atoms with E-state index in [0.29, 0.717) is 42.7 Å². The zero-order chi connectivity index (χ0) is 29.6. The fraction of sp³-hybridized carbons (Fsp3) is 0.433. The van der Waals surface area contributed by atoms with Crippen LogP contribution in [0.2, 0.25) is 0 Å². The summed E-state index contributed by atoms with van der Waals surface area (Å²) in [5.41, 5.74) is 2.74. The molecule has 2 fully saturated rings. The molecule has 0 bridgehead atoms. The summed E-state index contributed by atoms with van der Waals surface area (Å²) in [6.45, 7) is 1.64. The second-order valence-electron chi connectivity index (χ2n) is 11.1. The minimum Gasteiger partial charge on any atom is -0.493 e. The minimum absolute atomic E-state index is 0.203. The fourth-order valence-corrected chi connectivity index (χ4v) is 5.78. The molecule has 12 nitrogen and oxygen atoms in total. The predicted octanol–water partition coefficient (Wildman–Crippen LogP) is 3.22. The molecule has 0 aromatic heterocycles. The van der Waals surface area contributed by atoms with Crippen LogP contribution in [0.15, 0.2) is 42.5 Å². The van der Waals surface area contributed by atoms with Crippen molar-refractivity contribution in [2.75, 3.05) is 18.5 Å². The van der Waals surface area contributed by atoms with E-state index in [-0.39, 0.29) is 37.4 Å². The fourth-order valence-electron chi connectivity index (χ4n) is 5.78. The van der Waals surface area contributed by atoms with Crippen LogP contribution in [0, 0.1) is 11.8 Å². The molecule has 222 valence electrons. The number of carboxylic acid groups (broad SMARTS) is 1. The van der Waals surface area contributed by atoms with Crippen LogP contribution in [-0.2, 0) is 22.7 Å². The van der Waals surface area contributed by atoms with E-state index in [1.807, 2.05) is 18.2 Å². The number of nitrogens with one attached hydrogen (secondary N) is 4. The van der Waals surface area contributed by atoms with Gasteiger partial charge in [0.2, 0.25) is 11.8 Å². The van der Waals surface area contributed by atoms with Crippen molar-refractivity contribution in [3.05, 3.63) is 59.2 Å². The molecule has 5 N–H and O–H groups in total. The van der Waals surface area contributed by atoms with Gasteiger partial charge in [0.1, 0.15) is 11.8 Å². The number of fused-ring (bicyclic) bond motifs is 1. The number of piperidine rings is 1. The normalized spacial score (nSPS) is 21.8. The van der Waals surface area contributed by atoms with E-state index in [2.05, 4.69) is 21.3 Å². The second-order valence-corrected chi connectivity index (χ2v) is 11.1. The summed E-state index contributed by atoms with van der Waals surface area (Å²) in [4.78, 5) is 61.2. The van der Waals surface area contributed by atoms with E-state index < -0.39 is 18.0 Å². The molecule has 1 unspecified atom stereocenters. The number of anilines is 1. The van der Waals surface area contributed by atoms with Gasteiger partial charge in [-0.3, -0.25) is 19.7 Å². The molecule has 2 aliphatic heterocycles. The molecule has 1 saturated heterocycles. The smallest absolute Gasteiger partial charge is 0.404 e. The third kappa shape index (κ3) is 7.17. The maximum atomic E-state index is 12.9. The molecule has 0 radical (unpaired) electrons. The number of rotatable bonds is 9. The number of benzene rings is 2. The van der Waals surface area contributed by atoms with Crippen molar-refractivity contribution in [3.8, 4) is 5.75 Å². The van der Waals surface area contributed by atoms with Crippen molar-refractivity contribution >= 4 is 35.5 Å². The maximum Gasteiger partial charge on any atom is 0.404 e. The molecular weight excluding hydrogens is 542 g/mol. The SMILES string of the molecule is O=C(O)NCC1CCC(COc2ccc(NC(=O)NCc3ccc4c(c3)CN(C3CCC(=O)NC3=O)C4=O)cc2)CC1. The Morgan fingerprint density at radius 3 is 2.40 bits per heavy atom. The van der Waals surface area contributed by atoms with Gasteiger partial charge in [-0.25, -0.2) is 9.59 Å². The van der Waals surface area contributed by atoms with Crippen molar-refractivity contribution in [1.29, 1.82) is 0 Å². The molecular formula is C30H35N5O7. The number of amides is 6. The Morgan fingerprint density at radius 1 is 0.952 bits per heavy atom. The highest BCUT2D eigenvalue weighted by Crippen LogP contribution is 2.30. The van der Waals surface area contributed by atoms with E-state index in [9.17, 15) is 24.0 Å². The first-order valence-corrected chi connectivity index (χ1v) is 14.3. The van der Waals surface area contributed by atoms with Gasteiger partial charge in [-0.15, -0.1) is 0 Å². The van der Waals surface area contributed by atoms with E-state index in [0.717, 1.165) is 42.6 Å². The van der Waals surface area contributed by atoms with Crippen molar-refractivity contribution in [2.24, 2.45) is 11.8 Å². The molecule has 2 aromatic carbocycles. The van der Waals surface area contributed by atoms with Crippen LogP contribution in [0.3, 0.4) is 0 Å². The van der Waals surface area contributed by atoms with Gasteiger partial charge >= 0.3 is 12.1 Å². The standard InChI is InChI=1S/C30H35N5O7/c36-26-12-11-25(27(37)34-26)35-16-21-13-20(5-10-24(21)28(35)38)15-31-29(39)33-22-6-8-23(9-7-22)42-17-19-3-1-18(2-4-19)14-32-30(40)41/h5-10,13,18-19,25,32H,1-4,11-12,14-17H2,(H,40,41)(H2,31,33,39)(H,34,36,37). The Labute approximate surface area is 243 Å². The van der Waals surface area contributed by atoms with Crippen LogP contribution in [0.25, 0.3) is 0 Å². The Hall–Kier alpha value is -4.61. The van der Waals surface area contributed by atoms with Crippen LogP contribution >= 0.6 is 0 Å². The zero-order valence-corrected chi connectivity index (χ0v) is 23.2. The average Bonchev–Trinajstić information content (AvgIpc) is 3.30. The number of carbonyl (C=O) groups excluding carboxylic acids is 4. The van der Waals surface area contributed by atoms with E-state index in [1.165, 1.54) is 4.90 Å². The van der Waals surface area contributed by atoms with Gasteiger partial charge in [0.25, 0.3) is 5.91 Å². The van der Waals surface area contributed by atoms with Crippen molar-refractivity contribution < 1.29 is 33.8 Å². The highest BCUT2D eigenvalue weighted by Gasteiger charge is 2.39. The lowest BCUT2D eigenvalue weighted by atomic mass is 9.82. The first-order chi connectivity index (χ1) is 20.2. The summed E-state index contributed by atoms with van der Waals surface area (Å²) in [5.74, 6) is 0.536. The summed E-state index contributed by atoms with van der Waals surface area (Å²) in [6.07, 6.45) is 3.51. The van der Waals surface area contributed by atoms with Gasteiger partial charge in [-0.2, -0.15) is 0 Å². The molecule has 1 saturated carbocycles. The van der Waals surface area contributed by atoms with Crippen LogP contribution in [0.1, 0.15) is 60.0 Å². The lowest BCUT2D eigenvalue weighted by Crippen LogP contribution is -2.52.